The van der Waals surface area contributed by atoms with E-state index in [-0.39, 0.29) is 0 Å². The molecule has 3 aromatic rings. The van der Waals surface area contributed by atoms with Crippen molar-refractivity contribution in [3.8, 4) is 17.1 Å². The number of fused-ring (bicyclic) bond motifs is 1. The lowest BCUT2D eigenvalue weighted by molar-refractivity contribution is 0.415. The van der Waals surface area contributed by atoms with Crippen LogP contribution in [0, 0.1) is 0 Å². The SMILES string of the molecule is COc1ccc(Br)c(-c2nc3c(CN)cccc3[nH]2)c1. The van der Waals surface area contributed by atoms with Crippen molar-refractivity contribution in [2.75, 3.05) is 7.11 Å². The first-order valence-electron chi connectivity index (χ1n) is 6.24. The molecule has 0 aliphatic heterocycles. The first-order valence-corrected chi connectivity index (χ1v) is 7.04. The first kappa shape index (κ1) is 13.1. The molecule has 0 saturated heterocycles. The van der Waals surface area contributed by atoms with Crippen molar-refractivity contribution in [1.29, 1.82) is 0 Å². The number of halogens is 1. The molecule has 3 rings (SSSR count). The summed E-state index contributed by atoms with van der Waals surface area (Å²) in [6.07, 6.45) is 0. The van der Waals surface area contributed by atoms with E-state index < -0.39 is 0 Å². The van der Waals surface area contributed by atoms with Gasteiger partial charge in [0.15, 0.2) is 0 Å². The third kappa shape index (κ3) is 2.19. The summed E-state index contributed by atoms with van der Waals surface area (Å²) in [5.74, 6) is 1.59. The van der Waals surface area contributed by atoms with Crippen LogP contribution in [-0.2, 0) is 6.54 Å². The van der Waals surface area contributed by atoms with Crippen LogP contribution in [0.25, 0.3) is 22.4 Å². The van der Waals surface area contributed by atoms with Crippen LogP contribution in [0.3, 0.4) is 0 Å². The van der Waals surface area contributed by atoms with Crippen molar-refractivity contribution in [2.24, 2.45) is 5.73 Å². The summed E-state index contributed by atoms with van der Waals surface area (Å²) in [5.41, 5.74) is 9.65. The molecule has 0 aliphatic rings. The standard InChI is InChI=1S/C15H14BrN3O/c1-20-10-5-6-12(16)11(7-10)15-18-13-4-2-3-9(8-17)14(13)19-15/h2-7H,8,17H2,1H3,(H,18,19). The fourth-order valence-corrected chi connectivity index (χ4v) is 2.63. The second-order valence-corrected chi connectivity index (χ2v) is 5.30. The number of hydrogen-bond acceptors (Lipinski definition) is 3. The second-order valence-electron chi connectivity index (χ2n) is 4.45. The van der Waals surface area contributed by atoms with E-state index in [1.807, 2.05) is 36.4 Å². The number of nitrogens with one attached hydrogen (secondary N) is 1. The molecule has 0 unspecified atom stereocenters. The zero-order valence-electron chi connectivity index (χ0n) is 11.0. The van der Waals surface area contributed by atoms with Gasteiger partial charge >= 0.3 is 0 Å². The first-order chi connectivity index (χ1) is 9.72. The predicted octanol–water partition coefficient (Wildman–Crippen LogP) is 3.46. The maximum Gasteiger partial charge on any atom is 0.139 e. The molecule has 102 valence electrons. The number of imidazole rings is 1. The minimum atomic E-state index is 0.473. The van der Waals surface area contributed by atoms with E-state index in [2.05, 4.69) is 25.9 Å². The van der Waals surface area contributed by atoms with E-state index >= 15 is 0 Å². The van der Waals surface area contributed by atoms with Gasteiger partial charge in [-0.15, -0.1) is 0 Å². The van der Waals surface area contributed by atoms with Crippen LogP contribution in [0.4, 0.5) is 0 Å². The molecule has 1 aromatic heterocycles. The summed E-state index contributed by atoms with van der Waals surface area (Å²) in [7, 11) is 1.65. The van der Waals surface area contributed by atoms with Crippen LogP contribution < -0.4 is 10.5 Å². The van der Waals surface area contributed by atoms with E-state index in [1.54, 1.807) is 7.11 Å². The Morgan fingerprint density at radius 2 is 2.15 bits per heavy atom. The number of rotatable bonds is 3. The van der Waals surface area contributed by atoms with Gasteiger partial charge in [0.1, 0.15) is 11.6 Å². The number of ether oxygens (including phenoxy) is 1. The maximum absolute atomic E-state index is 5.76. The van der Waals surface area contributed by atoms with Gasteiger partial charge in [-0.05, 0) is 29.8 Å². The number of methoxy groups -OCH3 is 1. The van der Waals surface area contributed by atoms with Crippen LogP contribution >= 0.6 is 15.9 Å². The van der Waals surface area contributed by atoms with Gasteiger partial charge in [-0.1, -0.05) is 28.1 Å². The molecular formula is C15H14BrN3O. The number of aromatic amines is 1. The number of hydrogen-bond donors (Lipinski definition) is 2. The molecule has 1 heterocycles. The smallest absolute Gasteiger partial charge is 0.139 e. The molecule has 0 saturated carbocycles. The summed E-state index contributed by atoms with van der Waals surface area (Å²) in [4.78, 5) is 8.00. The van der Waals surface area contributed by atoms with Gasteiger partial charge in [-0.2, -0.15) is 0 Å². The fraction of sp³-hybridized carbons (Fsp3) is 0.133. The van der Waals surface area contributed by atoms with Crippen LogP contribution in [0.1, 0.15) is 5.56 Å². The molecule has 0 atom stereocenters. The number of nitrogens with zero attached hydrogens (tertiary/aromatic N) is 1. The number of benzene rings is 2. The van der Waals surface area contributed by atoms with Crippen LogP contribution in [-0.4, -0.2) is 17.1 Å². The number of nitrogens with two attached hydrogens (primary N) is 1. The zero-order valence-corrected chi connectivity index (χ0v) is 12.6. The van der Waals surface area contributed by atoms with Crippen LogP contribution in [0.5, 0.6) is 5.75 Å². The lowest BCUT2D eigenvalue weighted by Gasteiger charge is -2.04. The van der Waals surface area contributed by atoms with Gasteiger partial charge in [0.05, 0.1) is 18.1 Å². The van der Waals surface area contributed by atoms with E-state index in [9.17, 15) is 0 Å². The van der Waals surface area contributed by atoms with Gasteiger partial charge in [0, 0.05) is 16.6 Å². The summed E-state index contributed by atoms with van der Waals surface area (Å²) < 4.78 is 6.23. The highest BCUT2D eigenvalue weighted by Crippen LogP contribution is 2.31. The van der Waals surface area contributed by atoms with Crippen LogP contribution in [0.2, 0.25) is 0 Å². The molecular weight excluding hydrogens is 318 g/mol. The van der Waals surface area contributed by atoms with Crippen molar-refractivity contribution in [2.45, 2.75) is 6.54 Å². The summed E-state index contributed by atoms with van der Waals surface area (Å²) >= 11 is 3.55. The molecule has 0 fully saturated rings. The van der Waals surface area contributed by atoms with E-state index in [0.29, 0.717) is 6.54 Å². The molecule has 2 aromatic carbocycles. The highest BCUT2D eigenvalue weighted by Gasteiger charge is 2.11. The largest absolute Gasteiger partial charge is 0.497 e. The average Bonchev–Trinajstić information content (AvgIpc) is 2.91. The second kappa shape index (κ2) is 5.26. The normalized spacial score (nSPS) is 10.9. The number of H-pyrrole nitrogens is 1. The van der Waals surface area contributed by atoms with Crippen molar-refractivity contribution >= 4 is 27.0 Å². The molecule has 0 bridgehead atoms. The van der Waals surface area contributed by atoms with Gasteiger partial charge in [-0.25, -0.2) is 4.98 Å². The Morgan fingerprint density at radius 1 is 1.30 bits per heavy atom. The van der Waals surface area contributed by atoms with Crippen molar-refractivity contribution in [3.63, 3.8) is 0 Å². The monoisotopic (exact) mass is 331 g/mol. The summed E-state index contributed by atoms with van der Waals surface area (Å²) in [6.45, 7) is 0.473. The van der Waals surface area contributed by atoms with E-state index in [4.69, 9.17) is 10.5 Å². The molecule has 3 N–H and O–H groups in total. The van der Waals surface area contributed by atoms with Crippen molar-refractivity contribution < 1.29 is 4.74 Å². The minimum Gasteiger partial charge on any atom is -0.497 e. The van der Waals surface area contributed by atoms with Gasteiger partial charge < -0.3 is 15.5 Å². The summed E-state index contributed by atoms with van der Waals surface area (Å²) in [5, 5.41) is 0. The molecule has 0 aliphatic carbocycles. The Hall–Kier alpha value is -1.85. The Bertz CT molecular complexity index is 767. The number of para-hydroxylation sites is 1. The fourth-order valence-electron chi connectivity index (χ4n) is 2.20. The topological polar surface area (TPSA) is 63.9 Å². The van der Waals surface area contributed by atoms with Gasteiger partial charge in [-0.3, -0.25) is 0 Å². The van der Waals surface area contributed by atoms with E-state index in [0.717, 1.165) is 38.2 Å². The predicted molar refractivity (Wildman–Crippen MR) is 83.7 cm³/mol. The van der Waals surface area contributed by atoms with E-state index in [1.165, 1.54) is 0 Å². The summed E-state index contributed by atoms with van der Waals surface area (Å²) in [6, 6.07) is 11.8. The highest BCUT2D eigenvalue weighted by atomic mass is 79.9. The molecule has 20 heavy (non-hydrogen) atoms. The molecule has 4 nitrogen and oxygen atoms in total. The number of aromatic nitrogens is 2. The average molecular weight is 332 g/mol. The van der Waals surface area contributed by atoms with Gasteiger partial charge in [0.2, 0.25) is 0 Å². The Morgan fingerprint density at radius 3 is 2.90 bits per heavy atom. The lowest BCUT2D eigenvalue weighted by atomic mass is 10.2. The zero-order chi connectivity index (χ0) is 14.1. The third-order valence-corrected chi connectivity index (χ3v) is 3.94. The molecule has 0 radical (unpaired) electrons. The molecule has 0 amide bonds. The lowest BCUT2D eigenvalue weighted by Crippen LogP contribution is -1.96. The molecule has 0 spiro atoms. The maximum atomic E-state index is 5.76. The Balaban J connectivity index is 2.20. The van der Waals surface area contributed by atoms with Gasteiger partial charge in [0.25, 0.3) is 0 Å². The minimum absolute atomic E-state index is 0.473. The third-order valence-electron chi connectivity index (χ3n) is 3.24. The van der Waals surface area contributed by atoms with Crippen molar-refractivity contribution in [3.05, 3.63) is 46.4 Å². The van der Waals surface area contributed by atoms with Crippen molar-refractivity contribution in [1.82, 2.24) is 9.97 Å². The Labute approximate surface area is 125 Å². The Kier molecular flexibility index (Phi) is 3.46. The quantitative estimate of drug-likeness (QED) is 0.772. The van der Waals surface area contributed by atoms with Crippen LogP contribution in [0.15, 0.2) is 40.9 Å². The highest BCUT2D eigenvalue weighted by molar-refractivity contribution is 9.10. The molecule has 5 heteroatoms.